The highest BCUT2D eigenvalue weighted by Crippen LogP contribution is 2.38. The van der Waals surface area contributed by atoms with Crippen molar-refractivity contribution in [3.63, 3.8) is 0 Å². The summed E-state index contributed by atoms with van der Waals surface area (Å²) in [7, 11) is 0. The standard InChI is InChI=1S/C17H26F3N5O2/c18-17(19,20)16(27)7-4-10-24(12-8-16)15(26)21-9-6-14-23-22-13-5-2-1-3-11-25(13)14/h27H,1-12H2,(H,21,26). The average Bonchev–Trinajstić information content (AvgIpc) is 2.79. The number of carbonyl (C=O) groups is 1. The number of aliphatic hydroxyl groups is 1. The molecule has 1 aromatic heterocycles. The van der Waals surface area contributed by atoms with Crippen LogP contribution in [0.4, 0.5) is 18.0 Å². The molecule has 1 saturated heterocycles. The van der Waals surface area contributed by atoms with Gasteiger partial charge in [-0.15, -0.1) is 10.2 Å². The summed E-state index contributed by atoms with van der Waals surface area (Å²) >= 11 is 0. The quantitative estimate of drug-likeness (QED) is 0.829. The van der Waals surface area contributed by atoms with Crippen molar-refractivity contribution < 1.29 is 23.1 Å². The van der Waals surface area contributed by atoms with Crippen LogP contribution in [0.5, 0.6) is 0 Å². The fraction of sp³-hybridized carbons (Fsp3) is 0.824. The van der Waals surface area contributed by atoms with Crippen LogP contribution in [0.3, 0.4) is 0 Å². The second-order valence-electron chi connectivity index (χ2n) is 7.35. The number of nitrogens with one attached hydrogen (secondary N) is 1. The number of aryl methyl sites for hydroxylation is 1. The Morgan fingerprint density at radius 3 is 2.70 bits per heavy atom. The van der Waals surface area contributed by atoms with E-state index >= 15 is 0 Å². The first kappa shape index (κ1) is 19.9. The van der Waals surface area contributed by atoms with Gasteiger partial charge >= 0.3 is 12.2 Å². The van der Waals surface area contributed by atoms with Gasteiger partial charge in [0.1, 0.15) is 11.6 Å². The molecule has 1 atom stereocenters. The Bertz CT molecular complexity index is 663. The molecule has 152 valence electrons. The van der Waals surface area contributed by atoms with Crippen LogP contribution in [-0.4, -0.2) is 62.2 Å². The molecule has 2 amide bonds. The molecule has 7 nitrogen and oxygen atoms in total. The van der Waals surface area contributed by atoms with Crippen molar-refractivity contribution in [2.24, 2.45) is 0 Å². The monoisotopic (exact) mass is 389 g/mol. The number of rotatable bonds is 3. The third-order valence-electron chi connectivity index (χ3n) is 5.44. The molecule has 1 fully saturated rings. The number of hydrogen-bond donors (Lipinski definition) is 2. The van der Waals surface area contributed by atoms with E-state index in [4.69, 9.17) is 0 Å². The lowest BCUT2D eigenvalue weighted by molar-refractivity contribution is -0.263. The fourth-order valence-corrected chi connectivity index (χ4v) is 3.73. The number of alkyl halides is 3. The van der Waals surface area contributed by atoms with Gasteiger partial charge < -0.3 is 19.9 Å². The Morgan fingerprint density at radius 1 is 1.11 bits per heavy atom. The van der Waals surface area contributed by atoms with Crippen molar-refractivity contribution in [1.29, 1.82) is 0 Å². The molecule has 0 aliphatic carbocycles. The first-order valence-electron chi connectivity index (χ1n) is 9.53. The van der Waals surface area contributed by atoms with Crippen LogP contribution in [-0.2, 0) is 19.4 Å². The first-order chi connectivity index (χ1) is 12.8. The van der Waals surface area contributed by atoms with Crippen LogP contribution < -0.4 is 5.32 Å². The first-order valence-corrected chi connectivity index (χ1v) is 9.53. The Balaban J connectivity index is 1.49. The largest absolute Gasteiger partial charge is 0.417 e. The lowest BCUT2D eigenvalue weighted by Gasteiger charge is -2.29. The molecule has 3 rings (SSSR count). The van der Waals surface area contributed by atoms with Crippen LogP contribution in [0, 0.1) is 0 Å². The SMILES string of the molecule is O=C(NCCc1nnc2n1CCCCC2)N1CCCC(O)(C(F)(F)F)CC1. The van der Waals surface area contributed by atoms with Crippen LogP contribution >= 0.6 is 0 Å². The number of fused-ring (bicyclic) bond motifs is 1. The van der Waals surface area contributed by atoms with E-state index in [0.29, 0.717) is 13.0 Å². The Kier molecular flexibility index (Phi) is 5.92. The average molecular weight is 389 g/mol. The molecule has 2 aliphatic rings. The third-order valence-corrected chi connectivity index (χ3v) is 5.44. The van der Waals surface area contributed by atoms with E-state index in [9.17, 15) is 23.1 Å². The topological polar surface area (TPSA) is 83.3 Å². The van der Waals surface area contributed by atoms with Gasteiger partial charge in [-0.2, -0.15) is 13.2 Å². The maximum Gasteiger partial charge on any atom is 0.417 e. The molecule has 1 unspecified atom stereocenters. The van der Waals surface area contributed by atoms with E-state index in [1.54, 1.807) is 0 Å². The zero-order valence-corrected chi connectivity index (χ0v) is 15.3. The maximum absolute atomic E-state index is 13.0. The van der Waals surface area contributed by atoms with E-state index in [0.717, 1.165) is 37.5 Å². The van der Waals surface area contributed by atoms with E-state index in [2.05, 4.69) is 20.1 Å². The van der Waals surface area contributed by atoms with Crippen LogP contribution in [0.25, 0.3) is 0 Å². The van der Waals surface area contributed by atoms with Crippen molar-refractivity contribution >= 4 is 6.03 Å². The molecule has 0 spiro atoms. The molecule has 2 N–H and O–H groups in total. The number of carbonyl (C=O) groups excluding carboxylic acids is 1. The summed E-state index contributed by atoms with van der Waals surface area (Å²) in [6.07, 6.45) is -0.651. The van der Waals surface area contributed by atoms with E-state index < -0.39 is 24.2 Å². The number of urea groups is 1. The molecule has 3 heterocycles. The predicted molar refractivity (Wildman–Crippen MR) is 91.1 cm³/mol. The van der Waals surface area contributed by atoms with Gasteiger partial charge in [-0.25, -0.2) is 4.79 Å². The smallest absolute Gasteiger partial charge is 0.380 e. The molecule has 0 radical (unpaired) electrons. The van der Waals surface area contributed by atoms with Crippen molar-refractivity contribution in [2.75, 3.05) is 19.6 Å². The van der Waals surface area contributed by atoms with Crippen LogP contribution in [0.2, 0.25) is 0 Å². The highest BCUT2D eigenvalue weighted by Gasteiger charge is 2.53. The molecule has 2 aliphatic heterocycles. The van der Waals surface area contributed by atoms with Crippen molar-refractivity contribution in [3.05, 3.63) is 11.6 Å². The van der Waals surface area contributed by atoms with Crippen molar-refractivity contribution in [1.82, 2.24) is 25.0 Å². The van der Waals surface area contributed by atoms with Gasteiger partial charge in [0.25, 0.3) is 0 Å². The Labute approximate surface area is 155 Å². The molecule has 27 heavy (non-hydrogen) atoms. The second kappa shape index (κ2) is 8.04. The lowest BCUT2D eigenvalue weighted by Crippen LogP contribution is -2.46. The summed E-state index contributed by atoms with van der Waals surface area (Å²) in [6.45, 7) is 1.30. The van der Waals surface area contributed by atoms with Gasteiger partial charge in [0.05, 0.1) is 0 Å². The summed E-state index contributed by atoms with van der Waals surface area (Å²) in [6, 6.07) is -0.406. The minimum atomic E-state index is -4.68. The predicted octanol–water partition coefficient (Wildman–Crippen LogP) is 2.04. The highest BCUT2D eigenvalue weighted by atomic mass is 19.4. The molecule has 10 heteroatoms. The zero-order chi connectivity index (χ0) is 19.5. The summed E-state index contributed by atoms with van der Waals surface area (Å²) in [5.74, 6) is 1.81. The normalized spacial score (nSPS) is 24.1. The minimum absolute atomic E-state index is 0.112. The third kappa shape index (κ3) is 4.53. The van der Waals surface area contributed by atoms with Crippen molar-refractivity contribution in [3.8, 4) is 0 Å². The van der Waals surface area contributed by atoms with Gasteiger partial charge in [-0.1, -0.05) is 6.42 Å². The fourth-order valence-electron chi connectivity index (χ4n) is 3.73. The van der Waals surface area contributed by atoms with Crippen molar-refractivity contribution in [2.45, 2.75) is 69.7 Å². The van der Waals surface area contributed by atoms with E-state index in [1.165, 1.54) is 11.3 Å². The number of hydrogen-bond acceptors (Lipinski definition) is 4. The van der Waals surface area contributed by atoms with Gasteiger partial charge in [0.15, 0.2) is 5.60 Å². The van der Waals surface area contributed by atoms with E-state index in [1.807, 2.05) is 0 Å². The Morgan fingerprint density at radius 2 is 1.93 bits per heavy atom. The lowest BCUT2D eigenvalue weighted by atomic mass is 9.94. The number of aromatic nitrogens is 3. The molecule has 0 aromatic carbocycles. The van der Waals surface area contributed by atoms with Crippen LogP contribution in [0.15, 0.2) is 0 Å². The van der Waals surface area contributed by atoms with Crippen LogP contribution in [0.1, 0.15) is 50.2 Å². The second-order valence-corrected chi connectivity index (χ2v) is 7.35. The Hall–Kier alpha value is -1.84. The molecule has 0 bridgehead atoms. The molecule has 0 saturated carbocycles. The van der Waals surface area contributed by atoms with E-state index in [-0.39, 0.29) is 25.9 Å². The highest BCUT2D eigenvalue weighted by molar-refractivity contribution is 5.74. The number of nitrogens with zero attached hydrogens (tertiary/aromatic N) is 4. The molecular weight excluding hydrogens is 363 g/mol. The maximum atomic E-state index is 13.0. The summed E-state index contributed by atoms with van der Waals surface area (Å²) in [5, 5.41) is 21.0. The summed E-state index contributed by atoms with van der Waals surface area (Å²) in [5.41, 5.74) is -2.71. The number of likely N-dealkylation sites (tertiary alicyclic amines) is 1. The minimum Gasteiger partial charge on any atom is -0.380 e. The van der Waals surface area contributed by atoms with Gasteiger partial charge in [-0.3, -0.25) is 0 Å². The number of amides is 2. The summed E-state index contributed by atoms with van der Waals surface area (Å²) < 4.78 is 41.0. The van der Waals surface area contributed by atoms with Gasteiger partial charge in [0.2, 0.25) is 0 Å². The van der Waals surface area contributed by atoms with Gasteiger partial charge in [-0.05, 0) is 25.7 Å². The molecule has 1 aromatic rings. The number of halogens is 3. The molecular formula is C17H26F3N5O2. The summed E-state index contributed by atoms with van der Waals surface area (Å²) in [4.78, 5) is 13.6. The van der Waals surface area contributed by atoms with Gasteiger partial charge in [0, 0.05) is 45.4 Å². The zero-order valence-electron chi connectivity index (χ0n) is 15.3.